The zero-order valence-corrected chi connectivity index (χ0v) is 17.1. The molecule has 0 unspecified atom stereocenters. The average Bonchev–Trinajstić information content (AvgIpc) is 2.78. The van der Waals surface area contributed by atoms with Gasteiger partial charge in [-0.2, -0.15) is 0 Å². The molecule has 29 heavy (non-hydrogen) atoms. The van der Waals surface area contributed by atoms with Gasteiger partial charge in [0.15, 0.2) is 0 Å². The number of nitrogens with zero attached hydrogens (tertiary/aromatic N) is 2. The topological polar surface area (TPSA) is 67.7 Å². The molecule has 6 heteroatoms. The minimum absolute atomic E-state index is 0.0762. The molecule has 0 saturated carbocycles. The first-order valence-corrected chi connectivity index (χ1v) is 9.97. The molecule has 0 radical (unpaired) electrons. The number of pyridine rings is 1. The maximum absolute atomic E-state index is 13.0. The van der Waals surface area contributed by atoms with Crippen molar-refractivity contribution in [2.45, 2.75) is 19.8 Å². The molecule has 2 aromatic heterocycles. The highest BCUT2D eigenvalue weighted by molar-refractivity contribution is 5.72. The number of hydrogen-bond donors (Lipinski definition) is 2. The van der Waals surface area contributed by atoms with Crippen molar-refractivity contribution in [2.24, 2.45) is 0 Å². The highest BCUT2D eigenvalue weighted by Gasteiger charge is 2.14. The quantitative estimate of drug-likeness (QED) is 0.699. The molecule has 2 N–H and O–H groups in total. The van der Waals surface area contributed by atoms with Crippen molar-refractivity contribution >= 4 is 16.9 Å². The average molecular weight is 390 g/mol. The van der Waals surface area contributed by atoms with E-state index >= 15 is 0 Å². The standard InChI is InChI=1S/C23H26N4O2/c1-4-15-11-18(16-7-9-25-10-8-16)14-27-22(28)13-20(26-23(15)27)17-5-6-19(24-2)21(12-17)29-3/h5-7,11-14,24-25H,4,8-10H2,1-3H3. The molecule has 0 atom stereocenters. The van der Waals surface area contributed by atoms with Crippen molar-refractivity contribution in [1.82, 2.24) is 14.7 Å². The normalized spacial score (nSPS) is 14.0. The minimum atomic E-state index is -0.0762. The van der Waals surface area contributed by atoms with Crippen LogP contribution >= 0.6 is 0 Å². The molecule has 0 aliphatic carbocycles. The van der Waals surface area contributed by atoms with Crippen LogP contribution in [-0.4, -0.2) is 36.6 Å². The van der Waals surface area contributed by atoms with Gasteiger partial charge in [-0.15, -0.1) is 0 Å². The van der Waals surface area contributed by atoms with Gasteiger partial charge in [0.1, 0.15) is 11.4 Å². The van der Waals surface area contributed by atoms with Crippen LogP contribution in [0.15, 0.2) is 47.4 Å². The fourth-order valence-electron chi connectivity index (χ4n) is 3.80. The molecule has 0 spiro atoms. The number of hydrogen-bond acceptors (Lipinski definition) is 5. The van der Waals surface area contributed by atoms with Crippen LogP contribution < -0.4 is 20.9 Å². The fourth-order valence-corrected chi connectivity index (χ4v) is 3.80. The van der Waals surface area contributed by atoms with Gasteiger partial charge in [-0.3, -0.25) is 9.20 Å². The Bertz CT molecular complexity index is 1150. The lowest BCUT2D eigenvalue weighted by atomic mass is 9.99. The number of ether oxygens (including phenoxy) is 1. The van der Waals surface area contributed by atoms with Crippen LogP contribution in [0.1, 0.15) is 24.5 Å². The van der Waals surface area contributed by atoms with Crippen molar-refractivity contribution in [1.29, 1.82) is 0 Å². The van der Waals surface area contributed by atoms with E-state index in [1.165, 1.54) is 5.57 Å². The van der Waals surface area contributed by atoms with Gasteiger partial charge in [0.05, 0.1) is 18.5 Å². The molecule has 1 aromatic carbocycles. The zero-order valence-electron chi connectivity index (χ0n) is 17.1. The summed E-state index contributed by atoms with van der Waals surface area (Å²) < 4.78 is 7.14. The molecule has 0 fully saturated rings. The van der Waals surface area contributed by atoms with Gasteiger partial charge in [0.25, 0.3) is 5.56 Å². The van der Waals surface area contributed by atoms with Gasteiger partial charge < -0.3 is 15.4 Å². The molecular weight excluding hydrogens is 364 g/mol. The Morgan fingerprint density at radius 3 is 2.79 bits per heavy atom. The molecule has 1 aliphatic heterocycles. The Morgan fingerprint density at radius 2 is 2.10 bits per heavy atom. The highest BCUT2D eigenvalue weighted by Crippen LogP contribution is 2.30. The van der Waals surface area contributed by atoms with Gasteiger partial charge in [-0.1, -0.05) is 19.1 Å². The van der Waals surface area contributed by atoms with Gasteiger partial charge in [-0.05, 0) is 54.3 Å². The summed E-state index contributed by atoms with van der Waals surface area (Å²) >= 11 is 0. The molecule has 0 saturated heterocycles. The van der Waals surface area contributed by atoms with Crippen molar-refractivity contribution in [3.05, 3.63) is 64.1 Å². The second-order valence-electron chi connectivity index (χ2n) is 7.13. The van der Waals surface area contributed by atoms with E-state index in [2.05, 4.69) is 29.7 Å². The van der Waals surface area contributed by atoms with E-state index in [1.54, 1.807) is 17.6 Å². The smallest absolute Gasteiger partial charge is 0.258 e. The van der Waals surface area contributed by atoms with Crippen LogP contribution in [0.2, 0.25) is 0 Å². The van der Waals surface area contributed by atoms with Crippen LogP contribution in [0.5, 0.6) is 5.75 Å². The van der Waals surface area contributed by atoms with Crippen LogP contribution in [-0.2, 0) is 6.42 Å². The molecule has 0 bridgehead atoms. The number of benzene rings is 1. The summed E-state index contributed by atoms with van der Waals surface area (Å²) in [5.74, 6) is 0.718. The molecular formula is C23H26N4O2. The van der Waals surface area contributed by atoms with Crippen LogP contribution in [0, 0.1) is 0 Å². The lowest BCUT2D eigenvalue weighted by molar-refractivity contribution is 0.417. The number of fused-ring (bicyclic) bond motifs is 1. The van der Waals surface area contributed by atoms with E-state index in [1.807, 2.05) is 31.4 Å². The van der Waals surface area contributed by atoms with E-state index in [9.17, 15) is 4.79 Å². The maximum atomic E-state index is 13.0. The summed E-state index contributed by atoms with van der Waals surface area (Å²) in [5, 5.41) is 6.43. The third kappa shape index (κ3) is 3.63. The zero-order chi connectivity index (χ0) is 20.4. The summed E-state index contributed by atoms with van der Waals surface area (Å²) in [5.41, 5.74) is 6.49. The van der Waals surface area contributed by atoms with Crippen molar-refractivity contribution in [3.8, 4) is 17.0 Å². The van der Waals surface area contributed by atoms with Gasteiger partial charge >= 0.3 is 0 Å². The fraction of sp³-hybridized carbons (Fsp3) is 0.304. The largest absolute Gasteiger partial charge is 0.495 e. The number of methoxy groups -OCH3 is 1. The van der Waals surface area contributed by atoms with Crippen molar-refractivity contribution in [2.75, 3.05) is 32.6 Å². The second kappa shape index (κ2) is 8.09. The van der Waals surface area contributed by atoms with Crippen molar-refractivity contribution < 1.29 is 4.74 Å². The molecule has 0 amide bonds. The first-order valence-electron chi connectivity index (χ1n) is 9.97. The third-order valence-electron chi connectivity index (χ3n) is 5.42. The molecule has 6 nitrogen and oxygen atoms in total. The van der Waals surface area contributed by atoms with E-state index in [4.69, 9.17) is 9.72 Å². The van der Waals surface area contributed by atoms with Gasteiger partial charge in [0, 0.05) is 31.4 Å². The number of aromatic nitrogens is 2. The molecule has 3 aromatic rings. The highest BCUT2D eigenvalue weighted by atomic mass is 16.5. The summed E-state index contributed by atoms with van der Waals surface area (Å²) in [6, 6.07) is 9.57. The molecule has 150 valence electrons. The van der Waals surface area contributed by atoms with Gasteiger partial charge in [-0.25, -0.2) is 4.98 Å². The summed E-state index contributed by atoms with van der Waals surface area (Å²) in [4.78, 5) is 17.9. The predicted molar refractivity (Wildman–Crippen MR) is 118 cm³/mol. The van der Waals surface area contributed by atoms with E-state index in [-0.39, 0.29) is 5.56 Å². The summed E-state index contributed by atoms with van der Waals surface area (Å²) in [7, 11) is 3.48. The summed E-state index contributed by atoms with van der Waals surface area (Å²) in [6.45, 7) is 3.92. The Kier molecular flexibility index (Phi) is 5.36. The van der Waals surface area contributed by atoms with Crippen LogP contribution in [0.3, 0.4) is 0 Å². The Balaban J connectivity index is 1.87. The van der Waals surface area contributed by atoms with Crippen LogP contribution in [0.4, 0.5) is 5.69 Å². The first kappa shape index (κ1) is 19.2. The summed E-state index contributed by atoms with van der Waals surface area (Å²) in [6.07, 6.45) is 5.90. The maximum Gasteiger partial charge on any atom is 0.258 e. The van der Waals surface area contributed by atoms with Crippen LogP contribution in [0.25, 0.3) is 22.5 Å². The molecule has 3 heterocycles. The number of anilines is 1. The lowest BCUT2D eigenvalue weighted by Crippen LogP contribution is -2.21. The lowest BCUT2D eigenvalue weighted by Gasteiger charge is -2.17. The van der Waals surface area contributed by atoms with Crippen molar-refractivity contribution in [3.63, 3.8) is 0 Å². The SMILES string of the molecule is CCc1cc(C2=CCNCC2)cn2c(=O)cc(-c3ccc(NC)c(OC)c3)nc12. The second-order valence-corrected chi connectivity index (χ2v) is 7.13. The predicted octanol–water partition coefficient (Wildman–Crippen LogP) is 3.35. The van der Waals surface area contributed by atoms with Gasteiger partial charge in [0.2, 0.25) is 0 Å². The molecule has 1 aliphatic rings. The van der Waals surface area contributed by atoms with E-state index in [0.717, 1.165) is 54.1 Å². The number of aryl methyl sites for hydroxylation is 1. The Morgan fingerprint density at radius 1 is 1.24 bits per heavy atom. The minimum Gasteiger partial charge on any atom is -0.495 e. The number of nitrogens with one attached hydrogen (secondary N) is 2. The number of rotatable bonds is 5. The monoisotopic (exact) mass is 390 g/mol. The Labute approximate surface area is 170 Å². The first-order chi connectivity index (χ1) is 14.1. The Hall–Kier alpha value is -3.12. The molecule has 4 rings (SSSR count). The van der Waals surface area contributed by atoms with E-state index in [0.29, 0.717) is 11.3 Å². The third-order valence-corrected chi connectivity index (χ3v) is 5.42. The van der Waals surface area contributed by atoms with E-state index < -0.39 is 0 Å².